The lowest BCUT2D eigenvalue weighted by Gasteiger charge is -2.55. The van der Waals surface area contributed by atoms with Crippen molar-refractivity contribution in [2.45, 2.75) is 51.0 Å². The predicted molar refractivity (Wildman–Crippen MR) is 89.1 cm³/mol. The van der Waals surface area contributed by atoms with E-state index < -0.39 is 0 Å². The van der Waals surface area contributed by atoms with Gasteiger partial charge in [-0.15, -0.1) is 0 Å². The van der Waals surface area contributed by atoms with E-state index in [1.165, 1.54) is 49.9 Å². The van der Waals surface area contributed by atoms with E-state index in [9.17, 15) is 4.79 Å². The van der Waals surface area contributed by atoms with Crippen LogP contribution in [-0.4, -0.2) is 30.4 Å². The molecule has 3 aliphatic rings. The van der Waals surface area contributed by atoms with Gasteiger partial charge in [-0.1, -0.05) is 19.9 Å². The zero-order chi connectivity index (χ0) is 15.3. The van der Waals surface area contributed by atoms with Crippen LogP contribution in [0, 0.1) is 11.8 Å². The van der Waals surface area contributed by atoms with E-state index >= 15 is 0 Å². The molecular formula is C19H26N2O. The molecule has 22 heavy (non-hydrogen) atoms. The maximum atomic E-state index is 10.7. The molecular weight excluding hydrogens is 272 g/mol. The van der Waals surface area contributed by atoms with E-state index in [2.05, 4.69) is 36.2 Å². The molecule has 3 heteroatoms. The Bertz CT molecular complexity index is 595. The molecule has 1 N–H and O–H groups in total. The van der Waals surface area contributed by atoms with E-state index in [1.54, 1.807) is 0 Å². The molecule has 2 bridgehead atoms. The average molecular weight is 298 g/mol. The molecule has 0 radical (unpaired) electrons. The van der Waals surface area contributed by atoms with Gasteiger partial charge in [0, 0.05) is 18.3 Å². The summed E-state index contributed by atoms with van der Waals surface area (Å²) in [6.45, 7) is 7.41. The first kappa shape index (κ1) is 14.3. The normalized spacial score (nSPS) is 34.1. The summed E-state index contributed by atoms with van der Waals surface area (Å²) in [5, 5.41) is 2.82. The van der Waals surface area contributed by atoms with Crippen LogP contribution in [0.4, 0.5) is 5.69 Å². The van der Waals surface area contributed by atoms with Gasteiger partial charge in [0.25, 0.3) is 0 Å². The van der Waals surface area contributed by atoms with Crippen LogP contribution in [-0.2, 0) is 16.6 Å². The summed E-state index contributed by atoms with van der Waals surface area (Å²) in [6, 6.07) is 7.19. The highest BCUT2D eigenvalue weighted by Crippen LogP contribution is 2.49. The molecule has 0 spiro atoms. The quantitative estimate of drug-likeness (QED) is 0.866. The molecule has 1 aliphatic heterocycles. The fourth-order valence-corrected chi connectivity index (χ4v) is 4.72. The van der Waals surface area contributed by atoms with Crippen molar-refractivity contribution in [3.05, 3.63) is 29.3 Å². The predicted octanol–water partition coefficient (Wildman–Crippen LogP) is 3.19. The number of likely N-dealkylation sites (tertiary alicyclic amines) is 1. The molecule has 2 unspecified atom stereocenters. The second-order valence-electron chi connectivity index (χ2n) is 7.80. The Hall–Kier alpha value is -1.35. The molecule has 1 aromatic rings. The van der Waals surface area contributed by atoms with Crippen LogP contribution in [0.1, 0.15) is 44.2 Å². The Kier molecular flexibility index (Phi) is 3.30. The van der Waals surface area contributed by atoms with E-state index in [1.807, 2.05) is 6.07 Å². The number of carbonyl (C=O) groups is 1. The first-order valence-electron chi connectivity index (χ1n) is 8.69. The second kappa shape index (κ2) is 5.09. The van der Waals surface area contributed by atoms with Crippen LogP contribution in [0.5, 0.6) is 0 Å². The summed E-state index contributed by atoms with van der Waals surface area (Å²) in [6.07, 6.45) is 6.05. The van der Waals surface area contributed by atoms with Crippen LogP contribution in [0.3, 0.4) is 0 Å². The van der Waals surface area contributed by atoms with E-state index in [0.717, 1.165) is 18.0 Å². The molecule has 1 saturated heterocycles. The van der Waals surface area contributed by atoms with Crippen molar-refractivity contribution in [1.29, 1.82) is 0 Å². The molecule has 3 atom stereocenters. The summed E-state index contributed by atoms with van der Waals surface area (Å²) in [5.74, 6) is 1.65. The van der Waals surface area contributed by atoms with Crippen molar-refractivity contribution < 1.29 is 4.79 Å². The lowest BCUT2D eigenvalue weighted by Crippen LogP contribution is -2.58. The first-order valence-corrected chi connectivity index (χ1v) is 8.69. The summed E-state index contributed by atoms with van der Waals surface area (Å²) < 4.78 is 0. The number of carbonyl (C=O) groups excluding carboxylic acids is 1. The monoisotopic (exact) mass is 298 g/mol. The minimum atomic E-state index is 0.249. The Morgan fingerprint density at radius 2 is 2.23 bits per heavy atom. The summed E-state index contributed by atoms with van der Waals surface area (Å²) >= 11 is 0. The number of piperidine rings is 1. The number of benzene rings is 1. The summed E-state index contributed by atoms with van der Waals surface area (Å²) in [5.41, 5.74) is 4.14. The summed E-state index contributed by atoms with van der Waals surface area (Å²) in [7, 11) is 0. The van der Waals surface area contributed by atoms with Crippen LogP contribution >= 0.6 is 0 Å². The lowest BCUT2D eigenvalue weighted by molar-refractivity contribution is -0.105. The van der Waals surface area contributed by atoms with Crippen LogP contribution < -0.4 is 5.32 Å². The minimum Gasteiger partial charge on any atom is -0.329 e. The zero-order valence-electron chi connectivity index (χ0n) is 13.6. The Balaban J connectivity index is 1.68. The van der Waals surface area contributed by atoms with Crippen molar-refractivity contribution in [2.24, 2.45) is 11.8 Å². The first-order chi connectivity index (χ1) is 10.6. The lowest BCUT2D eigenvalue weighted by atomic mass is 9.59. The molecule has 4 rings (SSSR count). The van der Waals surface area contributed by atoms with Gasteiger partial charge in [0.05, 0.1) is 0 Å². The maximum Gasteiger partial charge on any atom is 0.211 e. The third kappa shape index (κ3) is 2.18. The number of nitrogens with zero attached hydrogens (tertiary/aromatic N) is 1. The molecule has 3 nitrogen and oxygen atoms in total. The summed E-state index contributed by atoms with van der Waals surface area (Å²) in [4.78, 5) is 13.5. The number of anilines is 1. The van der Waals surface area contributed by atoms with Gasteiger partial charge in [0.15, 0.2) is 0 Å². The highest BCUT2D eigenvalue weighted by Gasteiger charge is 2.48. The largest absolute Gasteiger partial charge is 0.329 e. The van der Waals surface area contributed by atoms with Crippen molar-refractivity contribution in [3.8, 4) is 0 Å². The average Bonchev–Trinajstić information content (AvgIpc) is 3.31. The van der Waals surface area contributed by atoms with E-state index in [0.29, 0.717) is 12.0 Å². The molecule has 1 amide bonds. The van der Waals surface area contributed by atoms with Gasteiger partial charge >= 0.3 is 0 Å². The highest BCUT2D eigenvalue weighted by atomic mass is 16.1. The SMILES string of the molecule is CC1C2Cc3ccc(NC=O)cc3[C@@]1(C)CCN2CC1CC1. The standard InChI is InChI=1S/C19H26N2O/c1-13-18-9-15-5-6-16(20-12-22)10-17(15)19(13,2)7-8-21(18)11-14-3-4-14/h5-6,10,12-14,18H,3-4,7-9,11H2,1-2H3,(H,20,22)/t13?,18?,19-/m0/s1. The topological polar surface area (TPSA) is 32.3 Å². The number of fused-ring (bicyclic) bond motifs is 4. The van der Waals surface area contributed by atoms with Gasteiger partial charge in [-0.3, -0.25) is 9.69 Å². The van der Waals surface area contributed by atoms with Crippen LogP contribution in [0.25, 0.3) is 0 Å². The van der Waals surface area contributed by atoms with E-state index in [4.69, 9.17) is 0 Å². The molecule has 1 aromatic carbocycles. The molecule has 0 aromatic heterocycles. The maximum absolute atomic E-state index is 10.7. The number of hydrogen-bond acceptors (Lipinski definition) is 2. The smallest absolute Gasteiger partial charge is 0.211 e. The number of hydrogen-bond donors (Lipinski definition) is 1. The molecule has 1 heterocycles. The van der Waals surface area contributed by atoms with Crippen molar-refractivity contribution in [2.75, 3.05) is 18.4 Å². The van der Waals surface area contributed by atoms with Crippen LogP contribution in [0.15, 0.2) is 18.2 Å². The second-order valence-corrected chi connectivity index (χ2v) is 7.80. The van der Waals surface area contributed by atoms with Gasteiger partial charge in [-0.25, -0.2) is 0 Å². The van der Waals surface area contributed by atoms with Crippen molar-refractivity contribution >= 4 is 12.1 Å². The van der Waals surface area contributed by atoms with Gasteiger partial charge in [0.1, 0.15) is 0 Å². The van der Waals surface area contributed by atoms with E-state index in [-0.39, 0.29) is 5.41 Å². The Morgan fingerprint density at radius 1 is 1.41 bits per heavy atom. The third-order valence-corrected chi connectivity index (χ3v) is 6.54. The van der Waals surface area contributed by atoms with Crippen molar-refractivity contribution in [1.82, 2.24) is 4.90 Å². The van der Waals surface area contributed by atoms with Crippen molar-refractivity contribution in [3.63, 3.8) is 0 Å². The Morgan fingerprint density at radius 3 is 2.95 bits per heavy atom. The number of amides is 1. The molecule has 2 fully saturated rings. The Labute approximate surface area is 133 Å². The molecule has 2 aliphatic carbocycles. The minimum absolute atomic E-state index is 0.249. The van der Waals surface area contributed by atoms with Gasteiger partial charge < -0.3 is 5.32 Å². The van der Waals surface area contributed by atoms with Crippen LogP contribution in [0.2, 0.25) is 0 Å². The zero-order valence-corrected chi connectivity index (χ0v) is 13.6. The third-order valence-electron chi connectivity index (χ3n) is 6.54. The highest BCUT2D eigenvalue weighted by molar-refractivity contribution is 5.72. The van der Waals surface area contributed by atoms with Gasteiger partial charge in [-0.05, 0) is 72.7 Å². The van der Waals surface area contributed by atoms with Gasteiger partial charge in [0.2, 0.25) is 6.41 Å². The molecule has 1 saturated carbocycles. The van der Waals surface area contributed by atoms with Gasteiger partial charge in [-0.2, -0.15) is 0 Å². The fourth-order valence-electron chi connectivity index (χ4n) is 4.72. The molecule has 118 valence electrons. The number of nitrogens with one attached hydrogen (secondary N) is 1. The number of rotatable bonds is 4. The fraction of sp³-hybridized carbons (Fsp3) is 0.632.